The van der Waals surface area contributed by atoms with Crippen molar-refractivity contribution in [2.75, 3.05) is 5.32 Å². The Balaban J connectivity index is 2.03. The van der Waals surface area contributed by atoms with Gasteiger partial charge in [0.15, 0.2) is 0 Å². The van der Waals surface area contributed by atoms with Crippen LogP contribution in [0.4, 0.5) is 5.69 Å². The number of rotatable bonds is 4. The summed E-state index contributed by atoms with van der Waals surface area (Å²) in [5.41, 5.74) is 8.11. The van der Waals surface area contributed by atoms with Crippen molar-refractivity contribution in [3.8, 4) is 5.75 Å². The molecular weight excluding hydrogens is 240 g/mol. The molecule has 0 fully saturated rings. The minimum atomic E-state index is -0.105. The van der Waals surface area contributed by atoms with E-state index >= 15 is 0 Å². The second-order valence-electron chi connectivity index (χ2n) is 4.25. The summed E-state index contributed by atoms with van der Waals surface area (Å²) in [4.78, 5) is 11.9. The summed E-state index contributed by atoms with van der Waals surface area (Å²) < 4.78 is 0. The van der Waals surface area contributed by atoms with Crippen LogP contribution >= 0.6 is 0 Å². The highest BCUT2D eigenvalue weighted by atomic mass is 16.3. The average molecular weight is 256 g/mol. The first-order valence-electron chi connectivity index (χ1n) is 6.05. The number of hydrogen-bond donors (Lipinski definition) is 3. The first kappa shape index (κ1) is 13.1. The molecule has 4 heteroatoms. The van der Waals surface area contributed by atoms with Crippen LogP contribution in [0.2, 0.25) is 0 Å². The Hall–Kier alpha value is -2.33. The number of nitrogens with one attached hydrogen (secondary N) is 1. The number of hydrogen-bond acceptors (Lipinski definition) is 3. The van der Waals surface area contributed by atoms with Crippen molar-refractivity contribution < 1.29 is 9.90 Å². The van der Waals surface area contributed by atoms with Crippen LogP contribution in [0.3, 0.4) is 0 Å². The molecule has 0 saturated heterocycles. The lowest BCUT2D eigenvalue weighted by Gasteiger charge is -2.09. The summed E-state index contributed by atoms with van der Waals surface area (Å²) in [6.07, 6.45) is 0.263. The molecule has 0 bridgehead atoms. The van der Waals surface area contributed by atoms with E-state index in [0.29, 0.717) is 6.54 Å². The summed E-state index contributed by atoms with van der Waals surface area (Å²) in [5, 5.41) is 12.0. The largest absolute Gasteiger partial charge is 0.508 e. The van der Waals surface area contributed by atoms with Crippen molar-refractivity contribution in [3.05, 3.63) is 59.7 Å². The van der Waals surface area contributed by atoms with E-state index in [1.54, 1.807) is 24.3 Å². The normalized spacial score (nSPS) is 10.2. The molecule has 4 N–H and O–H groups in total. The van der Waals surface area contributed by atoms with Gasteiger partial charge in [-0.3, -0.25) is 4.79 Å². The SMILES string of the molecule is NCc1ccccc1NC(=O)Cc1ccc(O)cc1. The first-order valence-corrected chi connectivity index (χ1v) is 6.05. The molecule has 0 aliphatic heterocycles. The monoisotopic (exact) mass is 256 g/mol. The number of aromatic hydroxyl groups is 1. The number of benzene rings is 2. The molecule has 2 aromatic rings. The highest BCUT2D eigenvalue weighted by molar-refractivity contribution is 5.93. The van der Waals surface area contributed by atoms with Gasteiger partial charge in [0.1, 0.15) is 5.75 Å². The smallest absolute Gasteiger partial charge is 0.228 e. The number of carbonyl (C=O) groups excluding carboxylic acids is 1. The summed E-state index contributed by atoms with van der Waals surface area (Å²) in [6.45, 7) is 0.385. The van der Waals surface area contributed by atoms with E-state index in [-0.39, 0.29) is 18.1 Å². The number of carbonyl (C=O) groups is 1. The van der Waals surface area contributed by atoms with E-state index in [1.807, 2.05) is 24.3 Å². The number of amides is 1. The second kappa shape index (κ2) is 6.02. The zero-order chi connectivity index (χ0) is 13.7. The van der Waals surface area contributed by atoms with E-state index in [0.717, 1.165) is 16.8 Å². The average Bonchev–Trinajstić information content (AvgIpc) is 2.42. The molecule has 0 heterocycles. The van der Waals surface area contributed by atoms with E-state index in [9.17, 15) is 9.90 Å². The minimum Gasteiger partial charge on any atom is -0.508 e. The van der Waals surface area contributed by atoms with Gasteiger partial charge < -0.3 is 16.2 Å². The zero-order valence-electron chi connectivity index (χ0n) is 10.5. The van der Waals surface area contributed by atoms with Gasteiger partial charge in [0.25, 0.3) is 0 Å². The lowest BCUT2D eigenvalue weighted by atomic mass is 10.1. The number of para-hydroxylation sites is 1. The molecule has 0 atom stereocenters. The number of nitrogens with two attached hydrogens (primary N) is 1. The molecule has 1 amide bonds. The Kier molecular flexibility index (Phi) is 4.15. The van der Waals surface area contributed by atoms with Crippen molar-refractivity contribution in [3.63, 3.8) is 0 Å². The third-order valence-electron chi connectivity index (χ3n) is 2.81. The zero-order valence-corrected chi connectivity index (χ0v) is 10.5. The van der Waals surface area contributed by atoms with Crippen LogP contribution in [0.1, 0.15) is 11.1 Å². The predicted octanol–water partition coefficient (Wildman–Crippen LogP) is 2.03. The van der Waals surface area contributed by atoms with E-state index < -0.39 is 0 Å². The molecule has 0 aromatic heterocycles. The molecule has 2 aromatic carbocycles. The highest BCUT2D eigenvalue weighted by Gasteiger charge is 2.06. The fourth-order valence-electron chi connectivity index (χ4n) is 1.81. The van der Waals surface area contributed by atoms with Crippen molar-refractivity contribution in [2.24, 2.45) is 5.73 Å². The van der Waals surface area contributed by atoms with Crippen LogP contribution in [0, 0.1) is 0 Å². The van der Waals surface area contributed by atoms with E-state index in [1.165, 1.54) is 0 Å². The molecule has 0 saturated carbocycles. The summed E-state index contributed by atoms with van der Waals surface area (Å²) in [6, 6.07) is 14.0. The van der Waals surface area contributed by atoms with Crippen molar-refractivity contribution in [1.29, 1.82) is 0 Å². The van der Waals surface area contributed by atoms with Gasteiger partial charge in [-0.1, -0.05) is 30.3 Å². The molecule has 19 heavy (non-hydrogen) atoms. The van der Waals surface area contributed by atoms with Crippen molar-refractivity contribution in [1.82, 2.24) is 0 Å². The maximum absolute atomic E-state index is 11.9. The van der Waals surface area contributed by atoms with Gasteiger partial charge in [-0.05, 0) is 29.3 Å². The van der Waals surface area contributed by atoms with Crippen LogP contribution < -0.4 is 11.1 Å². The maximum atomic E-state index is 11.9. The Morgan fingerprint density at radius 1 is 1.11 bits per heavy atom. The second-order valence-corrected chi connectivity index (χ2v) is 4.25. The quantitative estimate of drug-likeness (QED) is 0.783. The van der Waals surface area contributed by atoms with Crippen molar-refractivity contribution >= 4 is 11.6 Å². The first-order chi connectivity index (χ1) is 9.19. The molecule has 0 unspecified atom stereocenters. The summed E-state index contributed by atoms with van der Waals surface area (Å²) >= 11 is 0. The summed E-state index contributed by atoms with van der Waals surface area (Å²) in [5.74, 6) is 0.0872. The van der Waals surface area contributed by atoms with Crippen LogP contribution in [-0.2, 0) is 17.8 Å². The van der Waals surface area contributed by atoms with Gasteiger partial charge in [0.2, 0.25) is 5.91 Å². The van der Waals surface area contributed by atoms with Gasteiger partial charge in [0, 0.05) is 12.2 Å². The molecule has 0 radical (unpaired) electrons. The fourth-order valence-corrected chi connectivity index (χ4v) is 1.81. The Bertz CT molecular complexity index is 565. The number of anilines is 1. The molecule has 98 valence electrons. The molecule has 4 nitrogen and oxygen atoms in total. The van der Waals surface area contributed by atoms with Gasteiger partial charge >= 0.3 is 0 Å². The summed E-state index contributed by atoms with van der Waals surface area (Å²) in [7, 11) is 0. The molecular formula is C15H16N2O2. The predicted molar refractivity (Wildman–Crippen MR) is 74.8 cm³/mol. The van der Waals surface area contributed by atoms with Crippen LogP contribution in [0.25, 0.3) is 0 Å². The Morgan fingerprint density at radius 2 is 1.79 bits per heavy atom. The third kappa shape index (κ3) is 3.56. The molecule has 0 aliphatic carbocycles. The number of phenolic OH excluding ortho intramolecular Hbond substituents is 1. The van der Waals surface area contributed by atoms with Crippen LogP contribution in [-0.4, -0.2) is 11.0 Å². The van der Waals surface area contributed by atoms with Crippen LogP contribution in [0.5, 0.6) is 5.75 Å². The standard InChI is InChI=1S/C15H16N2O2/c16-10-12-3-1-2-4-14(12)17-15(19)9-11-5-7-13(18)8-6-11/h1-8,18H,9-10,16H2,(H,17,19). The minimum absolute atomic E-state index is 0.105. The third-order valence-corrected chi connectivity index (χ3v) is 2.81. The van der Waals surface area contributed by atoms with Crippen LogP contribution in [0.15, 0.2) is 48.5 Å². The lowest BCUT2D eigenvalue weighted by Crippen LogP contribution is -2.16. The maximum Gasteiger partial charge on any atom is 0.228 e. The molecule has 2 rings (SSSR count). The Morgan fingerprint density at radius 3 is 2.47 bits per heavy atom. The fraction of sp³-hybridized carbons (Fsp3) is 0.133. The van der Waals surface area contributed by atoms with Gasteiger partial charge in [-0.25, -0.2) is 0 Å². The van der Waals surface area contributed by atoms with E-state index in [4.69, 9.17) is 5.73 Å². The highest BCUT2D eigenvalue weighted by Crippen LogP contribution is 2.15. The molecule has 0 spiro atoms. The van der Waals surface area contributed by atoms with Gasteiger partial charge in [-0.2, -0.15) is 0 Å². The van der Waals surface area contributed by atoms with Gasteiger partial charge in [0.05, 0.1) is 6.42 Å². The van der Waals surface area contributed by atoms with Gasteiger partial charge in [-0.15, -0.1) is 0 Å². The number of phenols is 1. The van der Waals surface area contributed by atoms with E-state index in [2.05, 4.69) is 5.32 Å². The topological polar surface area (TPSA) is 75.3 Å². The lowest BCUT2D eigenvalue weighted by molar-refractivity contribution is -0.115. The van der Waals surface area contributed by atoms with Crippen molar-refractivity contribution in [2.45, 2.75) is 13.0 Å². The molecule has 0 aliphatic rings. The Labute approximate surface area is 111 Å².